The lowest BCUT2D eigenvalue weighted by molar-refractivity contribution is 0.0773. The van der Waals surface area contributed by atoms with Crippen LogP contribution < -0.4 is 0 Å². The molecular formula is C11H14ClNOS. The molecule has 2 nitrogen and oxygen atoms in total. The Kier molecular flexibility index (Phi) is 4.48. The monoisotopic (exact) mass is 243 g/mol. The molecular weight excluding hydrogens is 230 g/mol. The van der Waals surface area contributed by atoms with E-state index < -0.39 is 0 Å². The van der Waals surface area contributed by atoms with Gasteiger partial charge in [0, 0.05) is 18.0 Å². The summed E-state index contributed by atoms with van der Waals surface area (Å²) in [6.45, 7) is 5.25. The van der Waals surface area contributed by atoms with Gasteiger partial charge in [0.15, 0.2) is 0 Å². The molecule has 0 N–H and O–H groups in total. The molecule has 0 aliphatic carbocycles. The third kappa shape index (κ3) is 2.89. The van der Waals surface area contributed by atoms with E-state index in [-0.39, 0.29) is 5.91 Å². The summed E-state index contributed by atoms with van der Waals surface area (Å²) in [4.78, 5) is 14.5. The molecule has 0 saturated carbocycles. The van der Waals surface area contributed by atoms with E-state index in [4.69, 9.17) is 11.6 Å². The van der Waals surface area contributed by atoms with Gasteiger partial charge >= 0.3 is 0 Å². The van der Waals surface area contributed by atoms with Crippen molar-refractivity contribution in [3.05, 3.63) is 28.8 Å². The second-order valence-corrected chi connectivity index (χ2v) is 4.07. The van der Waals surface area contributed by atoms with Gasteiger partial charge in [0.05, 0.1) is 10.6 Å². The maximum atomic E-state index is 12.0. The van der Waals surface area contributed by atoms with Crippen LogP contribution in [-0.2, 0) is 0 Å². The van der Waals surface area contributed by atoms with Gasteiger partial charge in [0.1, 0.15) is 0 Å². The number of rotatable bonds is 3. The Labute approximate surface area is 101 Å². The number of benzene rings is 1. The van der Waals surface area contributed by atoms with Crippen molar-refractivity contribution in [3.63, 3.8) is 0 Å². The van der Waals surface area contributed by atoms with Gasteiger partial charge in [-0.2, -0.15) is 0 Å². The van der Waals surface area contributed by atoms with Gasteiger partial charge in [-0.25, -0.2) is 0 Å². The van der Waals surface area contributed by atoms with Crippen molar-refractivity contribution in [1.82, 2.24) is 4.90 Å². The minimum absolute atomic E-state index is 0.0408. The largest absolute Gasteiger partial charge is 0.339 e. The fourth-order valence-electron chi connectivity index (χ4n) is 1.36. The Morgan fingerprint density at radius 2 is 2.00 bits per heavy atom. The zero-order chi connectivity index (χ0) is 11.4. The summed E-state index contributed by atoms with van der Waals surface area (Å²) in [5, 5.41) is 0.477. The summed E-state index contributed by atoms with van der Waals surface area (Å²) in [5.41, 5.74) is 0.521. The SMILES string of the molecule is CCN(CC)C(=O)c1cc(S)ccc1Cl. The number of nitrogens with zero attached hydrogens (tertiary/aromatic N) is 1. The summed E-state index contributed by atoms with van der Waals surface area (Å²) in [6, 6.07) is 5.16. The first-order valence-corrected chi connectivity index (χ1v) is 5.70. The number of hydrogen-bond acceptors (Lipinski definition) is 2. The van der Waals surface area contributed by atoms with Crippen LogP contribution >= 0.6 is 24.2 Å². The Morgan fingerprint density at radius 3 is 2.53 bits per heavy atom. The highest BCUT2D eigenvalue weighted by Crippen LogP contribution is 2.21. The maximum Gasteiger partial charge on any atom is 0.255 e. The molecule has 0 saturated heterocycles. The van der Waals surface area contributed by atoms with Gasteiger partial charge in [-0.15, -0.1) is 12.6 Å². The molecule has 82 valence electrons. The Bertz CT molecular complexity index is 364. The lowest BCUT2D eigenvalue weighted by atomic mass is 10.2. The fourth-order valence-corrected chi connectivity index (χ4v) is 1.76. The summed E-state index contributed by atoms with van der Waals surface area (Å²) < 4.78 is 0. The molecule has 0 spiro atoms. The highest BCUT2D eigenvalue weighted by atomic mass is 35.5. The predicted octanol–water partition coefficient (Wildman–Crippen LogP) is 3.11. The Hall–Kier alpha value is -0.670. The molecule has 0 radical (unpaired) electrons. The topological polar surface area (TPSA) is 20.3 Å². The minimum Gasteiger partial charge on any atom is -0.339 e. The van der Waals surface area contributed by atoms with Gasteiger partial charge < -0.3 is 4.90 Å². The summed E-state index contributed by atoms with van der Waals surface area (Å²) >= 11 is 10.2. The molecule has 0 aromatic heterocycles. The lowest BCUT2D eigenvalue weighted by Gasteiger charge is -2.19. The quantitative estimate of drug-likeness (QED) is 0.809. The molecule has 1 rings (SSSR count). The average Bonchev–Trinajstić information content (AvgIpc) is 2.23. The van der Waals surface area contributed by atoms with Crippen LogP contribution in [-0.4, -0.2) is 23.9 Å². The van der Waals surface area contributed by atoms with Gasteiger partial charge in [-0.3, -0.25) is 4.79 Å². The van der Waals surface area contributed by atoms with Crippen molar-refractivity contribution in [2.45, 2.75) is 18.7 Å². The smallest absolute Gasteiger partial charge is 0.255 e. The number of halogens is 1. The van der Waals surface area contributed by atoms with Gasteiger partial charge in [-0.1, -0.05) is 11.6 Å². The lowest BCUT2D eigenvalue weighted by Crippen LogP contribution is -2.30. The number of amides is 1. The van der Waals surface area contributed by atoms with Crippen LogP contribution in [0.25, 0.3) is 0 Å². The van der Waals surface area contributed by atoms with Gasteiger partial charge in [0.2, 0.25) is 0 Å². The molecule has 4 heteroatoms. The number of carbonyl (C=O) groups excluding carboxylic acids is 1. The van der Waals surface area contributed by atoms with Crippen LogP contribution in [0.4, 0.5) is 0 Å². The van der Waals surface area contributed by atoms with Crippen molar-refractivity contribution < 1.29 is 4.79 Å². The van der Waals surface area contributed by atoms with Crippen molar-refractivity contribution in [2.75, 3.05) is 13.1 Å². The third-order valence-electron chi connectivity index (χ3n) is 2.23. The van der Waals surface area contributed by atoms with Crippen LogP contribution in [0.1, 0.15) is 24.2 Å². The van der Waals surface area contributed by atoms with Crippen LogP contribution in [0, 0.1) is 0 Å². The van der Waals surface area contributed by atoms with Crippen LogP contribution in [0.2, 0.25) is 5.02 Å². The van der Waals surface area contributed by atoms with Crippen LogP contribution in [0.3, 0.4) is 0 Å². The molecule has 0 fully saturated rings. The molecule has 0 aliphatic rings. The summed E-state index contributed by atoms with van der Waals surface area (Å²) in [7, 11) is 0. The van der Waals surface area contributed by atoms with E-state index >= 15 is 0 Å². The molecule has 1 aromatic rings. The fraction of sp³-hybridized carbons (Fsp3) is 0.364. The van der Waals surface area contributed by atoms with E-state index in [9.17, 15) is 4.79 Å². The number of hydrogen-bond donors (Lipinski definition) is 1. The molecule has 0 unspecified atom stereocenters. The average molecular weight is 244 g/mol. The molecule has 1 aromatic carbocycles. The van der Waals surface area contributed by atoms with Crippen molar-refractivity contribution in [2.24, 2.45) is 0 Å². The molecule has 0 atom stereocenters. The Balaban J connectivity index is 3.04. The third-order valence-corrected chi connectivity index (χ3v) is 2.84. The van der Waals surface area contributed by atoms with Crippen molar-refractivity contribution >= 4 is 30.1 Å². The number of carbonyl (C=O) groups is 1. The molecule has 1 amide bonds. The zero-order valence-corrected chi connectivity index (χ0v) is 10.5. The van der Waals surface area contributed by atoms with Crippen LogP contribution in [0.15, 0.2) is 23.1 Å². The highest BCUT2D eigenvalue weighted by molar-refractivity contribution is 7.80. The first-order valence-electron chi connectivity index (χ1n) is 4.88. The van der Waals surface area contributed by atoms with Gasteiger partial charge in [-0.05, 0) is 32.0 Å². The Morgan fingerprint density at radius 1 is 1.40 bits per heavy atom. The van der Waals surface area contributed by atoms with E-state index in [2.05, 4.69) is 12.6 Å². The van der Waals surface area contributed by atoms with E-state index in [1.54, 1.807) is 23.1 Å². The zero-order valence-electron chi connectivity index (χ0n) is 8.83. The van der Waals surface area contributed by atoms with Crippen molar-refractivity contribution in [3.8, 4) is 0 Å². The summed E-state index contributed by atoms with van der Waals surface area (Å²) in [5.74, 6) is -0.0408. The number of thiol groups is 1. The van der Waals surface area contributed by atoms with E-state index in [0.29, 0.717) is 23.7 Å². The highest BCUT2D eigenvalue weighted by Gasteiger charge is 2.15. The minimum atomic E-state index is -0.0408. The maximum absolute atomic E-state index is 12.0. The van der Waals surface area contributed by atoms with Crippen LogP contribution in [0.5, 0.6) is 0 Å². The van der Waals surface area contributed by atoms with E-state index in [1.165, 1.54) is 0 Å². The van der Waals surface area contributed by atoms with E-state index in [0.717, 1.165) is 4.90 Å². The summed E-state index contributed by atoms with van der Waals surface area (Å²) in [6.07, 6.45) is 0. The van der Waals surface area contributed by atoms with E-state index in [1.807, 2.05) is 13.8 Å². The standard InChI is InChI=1S/C11H14ClNOS/c1-3-13(4-2)11(14)9-7-8(15)5-6-10(9)12/h5-7,15H,3-4H2,1-2H3. The normalized spacial score (nSPS) is 10.1. The van der Waals surface area contributed by atoms with Gasteiger partial charge in [0.25, 0.3) is 5.91 Å². The first kappa shape index (κ1) is 12.4. The van der Waals surface area contributed by atoms with Crippen molar-refractivity contribution in [1.29, 1.82) is 0 Å². The molecule has 0 aliphatic heterocycles. The predicted molar refractivity (Wildman–Crippen MR) is 66.0 cm³/mol. The first-order chi connectivity index (χ1) is 7.10. The second-order valence-electron chi connectivity index (χ2n) is 3.14. The molecule has 0 heterocycles. The molecule has 0 bridgehead atoms. The molecule has 15 heavy (non-hydrogen) atoms. The second kappa shape index (κ2) is 5.42.